The summed E-state index contributed by atoms with van der Waals surface area (Å²) < 4.78 is 34.3. The van der Waals surface area contributed by atoms with Crippen molar-refractivity contribution in [2.45, 2.75) is 51.3 Å². The first-order valence-corrected chi connectivity index (χ1v) is 14.9. The van der Waals surface area contributed by atoms with Crippen molar-refractivity contribution in [3.05, 3.63) is 83.9 Å². The van der Waals surface area contributed by atoms with E-state index in [1.165, 1.54) is 30.6 Å². The maximum Gasteiger partial charge on any atom is 0.274 e. The number of halogens is 2. The summed E-state index contributed by atoms with van der Waals surface area (Å²) in [4.78, 5) is 47.9. The first kappa shape index (κ1) is 32.7. The molecule has 3 amide bonds. The maximum atomic E-state index is 13.9. The molecule has 1 saturated heterocycles. The van der Waals surface area contributed by atoms with Crippen LogP contribution < -0.4 is 10.6 Å². The van der Waals surface area contributed by atoms with Crippen LogP contribution in [0.15, 0.2) is 61.1 Å². The molecule has 1 fully saturated rings. The van der Waals surface area contributed by atoms with Crippen molar-refractivity contribution in [2.75, 3.05) is 39.8 Å². The first-order chi connectivity index (χ1) is 21.2. The molecule has 44 heavy (non-hydrogen) atoms. The average molecular weight is 611 g/mol. The summed E-state index contributed by atoms with van der Waals surface area (Å²) in [5.41, 5.74) is 1.71. The van der Waals surface area contributed by atoms with E-state index in [0.29, 0.717) is 38.2 Å². The van der Waals surface area contributed by atoms with Gasteiger partial charge in [0.15, 0.2) is 0 Å². The molecule has 0 radical (unpaired) electrons. The summed E-state index contributed by atoms with van der Waals surface area (Å²) in [5, 5.41) is 5.60. The molecular weight excluding hydrogens is 570 g/mol. The van der Waals surface area contributed by atoms with Crippen molar-refractivity contribution in [3.8, 4) is 5.69 Å². The molecule has 0 bridgehead atoms. The molecule has 0 spiro atoms. The van der Waals surface area contributed by atoms with Gasteiger partial charge in [-0.25, -0.2) is 13.8 Å². The van der Waals surface area contributed by atoms with Gasteiger partial charge in [0.2, 0.25) is 11.8 Å². The van der Waals surface area contributed by atoms with Crippen LogP contribution in [0.2, 0.25) is 0 Å². The standard InChI is InChI=1S/C32H40F2N6O4/c1-4-44-22(2)30(37-29(41)18-35-3)32(43)40-16-5-6-27(40)19-38(17-15-23-7-9-24(33)10-8-23)31(42)28-20-39(21-36-28)26-13-11-25(34)12-14-26/h7-14,20-22,27,30,35H,4-6,15-19H2,1-3H3,(H,37,41)/t22-,27+,30+/m1/s1. The Labute approximate surface area is 256 Å². The van der Waals surface area contributed by atoms with Gasteiger partial charge in [-0.3, -0.25) is 14.4 Å². The summed E-state index contributed by atoms with van der Waals surface area (Å²) in [5.74, 6) is -1.61. The molecule has 12 heteroatoms. The van der Waals surface area contributed by atoms with E-state index in [9.17, 15) is 23.2 Å². The molecule has 2 heterocycles. The normalized spacial score (nSPS) is 16.0. The summed E-state index contributed by atoms with van der Waals surface area (Å²) in [6.07, 6.45) is 4.43. The topological polar surface area (TPSA) is 109 Å². The molecule has 0 aliphatic carbocycles. The monoisotopic (exact) mass is 610 g/mol. The van der Waals surface area contributed by atoms with E-state index in [2.05, 4.69) is 15.6 Å². The van der Waals surface area contributed by atoms with Gasteiger partial charge < -0.3 is 29.7 Å². The van der Waals surface area contributed by atoms with Crippen molar-refractivity contribution in [1.29, 1.82) is 0 Å². The highest BCUT2D eigenvalue weighted by Gasteiger charge is 2.38. The van der Waals surface area contributed by atoms with E-state index < -0.39 is 12.1 Å². The van der Waals surface area contributed by atoms with Crippen LogP contribution in [-0.4, -0.2) is 95.1 Å². The lowest BCUT2D eigenvalue weighted by molar-refractivity contribution is -0.141. The molecule has 3 aromatic rings. The second-order valence-electron chi connectivity index (χ2n) is 10.8. The van der Waals surface area contributed by atoms with E-state index in [4.69, 9.17) is 4.74 Å². The van der Waals surface area contributed by atoms with Gasteiger partial charge in [0.1, 0.15) is 29.7 Å². The Morgan fingerprint density at radius 1 is 1.09 bits per heavy atom. The zero-order valence-corrected chi connectivity index (χ0v) is 25.3. The number of likely N-dealkylation sites (N-methyl/N-ethyl adjacent to an activating group) is 1. The van der Waals surface area contributed by atoms with Gasteiger partial charge in [0, 0.05) is 44.2 Å². The van der Waals surface area contributed by atoms with Crippen LogP contribution in [0.4, 0.5) is 8.78 Å². The van der Waals surface area contributed by atoms with Crippen molar-refractivity contribution in [3.63, 3.8) is 0 Å². The number of aromatic nitrogens is 2. The fourth-order valence-electron chi connectivity index (χ4n) is 5.41. The fourth-order valence-corrected chi connectivity index (χ4v) is 5.41. The van der Waals surface area contributed by atoms with Crippen LogP contribution in [0.5, 0.6) is 0 Å². The molecule has 4 rings (SSSR count). The predicted octanol–water partition coefficient (Wildman–Crippen LogP) is 2.96. The molecule has 1 aliphatic rings. The number of imidazole rings is 1. The zero-order valence-electron chi connectivity index (χ0n) is 25.3. The third-order valence-electron chi connectivity index (χ3n) is 7.71. The van der Waals surface area contributed by atoms with E-state index in [-0.39, 0.29) is 54.2 Å². The number of hydrogen-bond donors (Lipinski definition) is 2. The summed E-state index contributed by atoms with van der Waals surface area (Å²) in [7, 11) is 1.65. The highest BCUT2D eigenvalue weighted by molar-refractivity contribution is 5.92. The number of hydrogen-bond acceptors (Lipinski definition) is 6. The lowest BCUT2D eigenvalue weighted by Gasteiger charge is -2.34. The zero-order chi connectivity index (χ0) is 31.6. The van der Waals surface area contributed by atoms with Crippen LogP contribution in [0.3, 0.4) is 0 Å². The molecule has 3 atom stereocenters. The number of likely N-dealkylation sites (tertiary alicyclic amines) is 1. The number of benzene rings is 2. The lowest BCUT2D eigenvalue weighted by atomic mass is 10.1. The Morgan fingerprint density at radius 2 is 1.77 bits per heavy atom. The van der Waals surface area contributed by atoms with Gasteiger partial charge in [-0.15, -0.1) is 0 Å². The molecule has 1 aromatic heterocycles. The fraction of sp³-hybridized carbons (Fsp3) is 0.438. The number of nitrogens with zero attached hydrogens (tertiary/aromatic N) is 4. The van der Waals surface area contributed by atoms with E-state index >= 15 is 0 Å². The Balaban J connectivity index is 1.55. The van der Waals surface area contributed by atoms with Crippen molar-refractivity contribution in [2.24, 2.45) is 0 Å². The predicted molar refractivity (Wildman–Crippen MR) is 161 cm³/mol. The van der Waals surface area contributed by atoms with Crippen LogP contribution in [0, 0.1) is 11.6 Å². The second kappa shape index (κ2) is 15.5. The molecule has 2 aromatic carbocycles. The first-order valence-electron chi connectivity index (χ1n) is 14.9. The molecule has 0 saturated carbocycles. The Hall–Kier alpha value is -4.16. The third-order valence-corrected chi connectivity index (χ3v) is 7.71. The Morgan fingerprint density at radius 3 is 2.43 bits per heavy atom. The second-order valence-corrected chi connectivity index (χ2v) is 10.8. The average Bonchev–Trinajstić information content (AvgIpc) is 3.69. The quantitative estimate of drug-likeness (QED) is 0.291. The number of rotatable bonds is 14. The van der Waals surface area contributed by atoms with Crippen LogP contribution in [0.25, 0.3) is 5.69 Å². The molecule has 2 N–H and O–H groups in total. The number of nitrogens with one attached hydrogen (secondary N) is 2. The van der Waals surface area contributed by atoms with E-state index in [1.54, 1.807) is 58.8 Å². The minimum absolute atomic E-state index is 0.0578. The van der Waals surface area contributed by atoms with Gasteiger partial charge in [0.25, 0.3) is 5.91 Å². The van der Waals surface area contributed by atoms with E-state index in [0.717, 1.165) is 12.0 Å². The van der Waals surface area contributed by atoms with Crippen molar-refractivity contribution >= 4 is 17.7 Å². The SMILES string of the molecule is CCO[C@H](C)[C@H](NC(=O)CNC)C(=O)N1CCC[C@H]1CN(CCc1ccc(F)cc1)C(=O)c1cn(-c2ccc(F)cc2)cn1. The van der Waals surface area contributed by atoms with Gasteiger partial charge in [0.05, 0.1) is 12.6 Å². The largest absolute Gasteiger partial charge is 0.376 e. The number of carbonyl (C=O) groups excluding carboxylic acids is 3. The minimum Gasteiger partial charge on any atom is -0.376 e. The molecule has 236 valence electrons. The summed E-state index contributed by atoms with van der Waals surface area (Å²) in [6, 6.07) is 10.8. The van der Waals surface area contributed by atoms with Crippen LogP contribution in [0.1, 0.15) is 42.7 Å². The van der Waals surface area contributed by atoms with Gasteiger partial charge in [-0.2, -0.15) is 0 Å². The smallest absolute Gasteiger partial charge is 0.274 e. The van der Waals surface area contributed by atoms with Gasteiger partial charge in [-0.05, 0) is 82.1 Å². The molecular formula is C32H40F2N6O4. The molecule has 1 aliphatic heterocycles. The lowest BCUT2D eigenvalue weighted by Crippen LogP contribution is -2.57. The van der Waals surface area contributed by atoms with E-state index in [1.807, 2.05) is 6.92 Å². The highest BCUT2D eigenvalue weighted by Crippen LogP contribution is 2.22. The van der Waals surface area contributed by atoms with Gasteiger partial charge in [-0.1, -0.05) is 12.1 Å². The number of amides is 3. The number of ether oxygens (including phenoxy) is 1. The Kier molecular flexibility index (Phi) is 11.6. The van der Waals surface area contributed by atoms with Crippen molar-refractivity contribution < 1.29 is 27.9 Å². The van der Waals surface area contributed by atoms with Crippen LogP contribution >= 0.6 is 0 Å². The Bertz CT molecular complexity index is 1400. The minimum atomic E-state index is -0.883. The molecule has 10 nitrogen and oxygen atoms in total. The van der Waals surface area contributed by atoms with Crippen molar-refractivity contribution in [1.82, 2.24) is 30.0 Å². The molecule has 0 unspecified atom stereocenters. The van der Waals surface area contributed by atoms with Crippen LogP contribution in [-0.2, 0) is 20.7 Å². The summed E-state index contributed by atoms with van der Waals surface area (Å²) in [6.45, 7) is 5.06. The summed E-state index contributed by atoms with van der Waals surface area (Å²) >= 11 is 0. The highest BCUT2D eigenvalue weighted by atomic mass is 19.1. The maximum absolute atomic E-state index is 13.9. The third kappa shape index (κ3) is 8.48. The number of carbonyl (C=O) groups is 3. The van der Waals surface area contributed by atoms with Gasteiger partial charge >= 0.3 is 0 Å².